The lowest BCUT2D eigenvalue weighted by atomic mass is 9.84. The molecule has 3 aromatic carbocycles. The van der Waals surface area contributed by atoms with Crippen molar-refractivity contribution >= 4 is 16.9 Å². The Labute approximate surface area is 177 Å². The average Bonchev–Trinajstić information content (AvgIpc) is 2.78. The van der Waals surface area contributed by atoms with E-state index in [4.69, 9.17) is 13.9 Å². The molecule has 31 heavy (non-hydrogen) atoms. The highest BCUT2D eigenvalue weighted by Crippen LogP contribution is 2.47. The molecule has 0 radical (unpaired) electrons. The molecule has 1 aliphatic rings. The number of para-hydroxylation sites is 1. The Morgan fingerprint density at radius 2 is 1.74 bits per heavy atom. The molecule has 0 spiro atoms. The van der Waals surface area contributed by atoms with Crippen LogP contribution in [-0.2, 0) is 4.79 Å². The fourth-order valence-electron chi connectivity index (χ4n) is 4.12. The van der Waals surface area contributed by atoms with Crippen molar-refractivity contribution in [2.75, 3.05) is 7.11 Å². The Balaban J connectivity index is 1.85. The first kappa shape index (κ1) is 18.9. The lowest BCUT2D eigenvalue weighted by Gasteiger charge is -2.27. The topological polar surface area (TPSA) is 86.0 Å². The molecule has 6 nitrogen and oxygen atoms in total. The lowest BCUT2D eigenvalue weighted by molar-refractivity contribution is -0.135. The minimum Gasteiger partial charge on any atom is -0.507 e. The summed E-state index contributed by atoms with van der Waals surface area (Å²) in [5.41, 5.74) is 1.84. The van der Waals surface area contributed by atoms with Gasteiger partial charge in [0.2, 0.25) is 0 Å². The van der Waals surface area contributed by atoms with Gasteiger partial charge in [-0.05, 0) is 6.07 Å². The van der Waals surface area contributed by atoms with Gasteiger partial charge in [0.15, 0.2) is 5.43 Å². The molecule has 0 saturated heterocycles. The van der Waals surface area contributed by atoms with Crippen LogP contribution in [0, 0.1) is 0 Å². The summed E-state index contributed by atoms with van der Waals surface area (Å²) in [6.07, 6.45) is 0.0481. The number of phenols is 1. The van der Waals surface area contributed by atoms with Crippen LogP contribution in [0.4, 0.5) is 0 Å². The van der Waals surface area contributed by atoms with Crippen molar-refractivity contribution in [1.82, 2.24) is 0 Å². The molecule has 1 aromatic heterocycles. The van der Waals surface area contributed by atoms with E-state index in [0.717, 1.165) is 11.1 Å². The molecule has 0 bridgehead atoms. The number of fused-ring (bicyclic) bond motifs is 3. The zero-order valence-corrected chi connectivity index (χ0v) is 16.6. The summed E-state index contributed by atoms with van der Waals surface area (Å²) < 4.78 is 17.1. The molecule has 0 unspecified atom stereocenters. The number of carbonyl (C=O) groups is 1. The second-order valence-electron chi connectivity index (χ2n) is 7.33. The number of phenolic OH excluding ortho intramolecular Hbond substituents is 1. The molecule has 4 aromatic rings. The second kappa shape index (κ2) is 7.32. The number of ether oxygens (including phenoxy) is 2. The molecule has 0 fully saturated rings. The van der Waals surface area contributed by atoms with E-state index in [0.29, 0.717) is 17.1 Å². The van der Waals surface area contributed by atoms with E-state index in [1.165, 1.54) is 12.1 Å². The van der Waals surface area contributed by atoms with Crippen molar-refractivity contribution in [3.8, 4) is 28.6 Å². The molecule has 0 aliphatic carbocycles. The van der Waals surface area contributed by atoms with Crippen molar-refractivity contribution < 1.29 is 23.8 Å². The molecule has 6 heteroatoms. The average molecular weight is 414 g/mol. The number of hydrogen-bond donors (Lipinski definition) is 1. The van der Waals surface area contributed by atoms with Crippen molar-refractivity contribution in [3.63, 3.8) is 0 Å². The Bertz CT molecular complexity index is 1370. The third-order valence-electron chi connectivity index (χ3n) is 5.50. The predicted molar refractivity (Wildman–Crippen MR) is 115 cm³/mol. The third-order valence-corrected chi connectivity index (χ3v) is 5.50. The molecular weight excluding hydrogens is 396 g/mol. The van der Waals surface area contributed by atoms with Crippen LogP contribution in [0.5, 0.6) is 17.2 Å². The Hall–Kier alpha value is -4.06. The van der Waals surface area contributed by atoms with Crippen molar-refractivity contribution in [3.05, 3.63) is 88.1 Å². The van der Waals surface area contributed by atoms with E-state index >= 15 is 0 Å². The fourth-order valence-corrected chi connectivity index (χ4v) is 4.12. The summed E-state index contributed by atoms with van der Waals surface area (Å²) in [6.45, 7) is 0. The minimum absolute atomic E-state index is 0.0481. The molecule has 1 atom stereocenters. The number of methoxy groups -OCH3 is 1. The van der Waals surface area contributed by atoms with Gasteiger partial charge in [-0.1, -0.05) is 48.5 Å². The SMILES string of the molecule is COc1ccccc1[C@@H]1CC(=O)Oc2cc(O)c3c(=O)cc(-c4ccccc4)oc3c21. The van der Waals surface area contributed by atoms with Crippen LogP contribution in [0.3, 0.4) is 0 Å². The van der Waals surface area contributed by atoms with Gasteiger partial charge < -0.3 is 19.0 Å². The lowest BCUT2D eigenvalue weighted by Crippen LogP contribution is -2.22. The minimum atomic E-state index is -0.468. The summed E-state index contributed by atoms with van der Waals surface area (Å²) in [4.78, 5) is 25.3. The molecule has 154 valence electrons. The van der Waals surface area contributed by atoms with Crippen LogP contribution in [0.2, 0.25) is 0 Å². The Morgan fingerprint density at radius 3 is 2.52 bits per heavy atom. The van der Waals surface area contributed by atoms with Gasteiger partial charge >= 0.3 is 5.97 Å². The summed E-state index contributed by atoms with van der Waals surface area (Å²) in [5, 5.41) is 10.6. The van der Waals surface area contributed by atoms with E-state index in [1.807, 2.05) is 54.6 Å². The van der Waals surface area contributed by atoms with E-state index in [2.05, 4.69) is 0 Å². The number of rotatable bonds is 3. The van der Waals surface area contributed by atoms with Gasteiger partial charge in [-0.2, -0.15) is 0 Å². The maximum Gasteiger partial charge on any atom is 0.312 e. The standard InChI is InChI=1S/C25H18O6/c1-29-19-10-6-5-9-15(19)16-11-22(28)30-21-13-18(27)24-17(26)12-20(31-25(24)23(16)21)14-7-3-2-4-8-14/h2-10,12-13,16,27H,11H2,1H3/t16-/m0/s1. The van der Waals surface area contributed by atoms with Crippen LogP contribution in [0.1, 0.15) is 23.5 Å². The van der Waals surface area contributed by atoms with Gasteiger partial charge in [-0.3, -0.25) is 9.59 Å². The molecule has 1 N–H and O–H groups in total. The maximum absolute atomic E-state index is 13.0. The smallest absolute Gasteiger partial charge is 0.312 e. The van der Waals surface area contributed by atoms with Crippen LogP contribution in [0.25, 0.3) is 22.3 Å². The third kappa shape index (κ3) is 3.13. The van der Waals surface area contributed by atoms with Crippen molar-refractivity contribution in [1.29, 1.82) is 0 Å². The van der Waals surface area contributed by atoms with Crippen LogP contribution >= 0.6 is 0 Å². The number of esters is 1. The molecule has 2 heterocycles. The number of carbonyl (C=O) groups excluding carboxylic acids is 1. The maximum atomic E-state index is 13.0. The monoisotopic (exact) mass is 414 g/mol. The highest BCUT2D eigenvalue weighted by Gasteiger charge is 2.34. The van der Waals surface area contributed by atoms with Crippen LogP contribution < -0.4 is 14.9 Å². The quantitative estimate of drug-likeness (QED) is 0.389. The van der Waals surface area contributed by atoms with Gasteiger partial charge in [0.25, 0.3) is 0 Å². The van der Waals surface area contributed by atoms with Crippen molar-refractivity contribution in [2.45, 2.75) is 12.3 Å². The van der Waals surface area contributed by atoms with E-state index in [-0.39, 0.29) is 34.3 Å². The first-order chi connectivity index (χ1) is 15.1. The zero-order valence-electron chi connectivity index (χ0n) is 16.6. The summed E-state index contributed by atoms with van der Waals surface area (Å²) in [7, 11) is 1.56. The van der Waals surface area contributed by atoms with Crippen LogP contribution in [0.15, 0.2) is 75.9 Å². The first-order valence-corrected chi connectivity index (χ1v) is 9.79. The molecular formula is C25H18O6. The second-order valence-corrected chi connectivity index (χ2v) is 7.33. The fraction of sp³-hybridized carbons (Fsp3) is 0.120. The number of benzene rings is 3. The van der Waals surface area contributed by atoms with E-state index < -0.39 is 11.9 Å². The number of hydrogen-bond acceptors (Lipinski definition) is 6. The highest BCUT2D eigenvalue weighted by atomic mass is 16.5. The normalized spacial score (nSPS) is 15.4. The molecule has 5 rings (SSSR count). The summed E-state index contributed by atoms with van der Waals surface area (Å²) in [5.74, 6) is -0.0630. The van der Waals surface area contributed by atoms with Crippen LogP contribution in [-0.4, -0.2) is 18.2 Å². The predicted octanol–water partition coefficient (Wildman–Crippen LogP) is 4.62. The largest absolute Gasteiger partial charge is 0.507 e. The molecule has 0 amide bonds. The van der Waals surface area contributed by atoms with Gasteiger partial charge in [-0.25, -0.2) is 0 Å². The van der Waals surface area contributed by atoms with E-state index in [1.54, 1.807) is 7.11 Å². The van der Waals surface area contributed by atoms with Gasteiger partial charge in [-0.15, -0.1) is 0 Å². The van der Waals surface area contributed by atoms with E-state index in [9.17, 15) is 14.7 Å². The molecule has 0 saturated carbocycles. The Kier molecular flexibility index (Phi) is 4.47. The Morgan fingerprint density at radius 1 is 1.00 bits per heavy atom. The van der Waals surface area contributed by atoms with Crippen molar-refractivity contribution in [2.24, 2.45) is 0 Å². The summed E-state index contributed by atoms with van der Waals surface area (Å²) in [6, 6.07) is 19.2. The van der Waals surface area contributed by atoms with Gasteiger partial charge in [0.1, 0.15) is 34.0 Å². The number of aromatic hydroxyl groups is 1. The molecule has 1 aliphatic heterocycles. The highest BCUT2D eigenvalue weighted by molar-refractivity contribution is 5.93. The van der Waals surface area contributed by atoms with Gasteiger partial charge in [0, 0.05) is 34.7 Å². The summed E-state index contributed by atoms with van der Waals surface area (Å²) >= 11 is 0. The zero-order chi connectivity index (χ0) is 21.5. The first-order valence-electron chi connectivity index (χ1n) is 9.79. The van der Waals surface area contributed by atoms with Gasteiger partial charge in [0.05, 0.1) is 13.5 Å².